The Morgan fingerprint density at radius 2 is 1.89 bits per heavy atom. The van der Waals surface area contributed by atoms with Crippen molar-refractivity contribution in [3.8, 4) is 0 Å². The minimum atomic E-state index is -0.779. The van der Waals surface area contributed by atoms with E-state index < -0.39 is 5.60 Å². The van der Waals surface area contributed by atoms with Crippen LogP contribution >= 0.6 is 0 Å². The molecule has 1 aromatic rings. The maximum absolute atomic E-state index is 9.87. The van der Waals surface area contributed by atoms with Crippen molar-refractivity contribution in [3.05, 3.63) is 11.4 Å². The van der Waals surface area contributed by atoms with Crippen LogP contribution in [0.3, 0.4) is 0 Å². The monoisotopic (exact) mass is 252 g/mol. The molecule has 5 nitrogen and oxygen atoms in total. The van der Waals surface area contributed by atoms with Gasteiger partial charge in [-0.1, -0.05) is 13.8 Å². The Balaban J connectivity index is 3.14. The van der Waals surface area contributed by atoms with Crippen molar-refractivity contribution in [1.29, 1.82) is 0 Å². The van der Waals surface area contributed by atoms with E-state index in [1.54, 1.807) is 13.8 Å². The summed E-state index contributed by atoms with van der Waals surface area (Å²) in [6, 6.07) is 0. The zero-order chi connectivity index (χ0) is 14.1. The third-order valence-electron chi connectivity index (χ3n) is 2.68. The standard InChI is InChI=1S/C13H24N4O/c1-8(2)11-15-10(14)9(3)12(16-11)17(6)7-13(4,5)18/h8,18H,7H2,1-6H3,(H2,14,15,16). The highest BCUT2D eigenvalue weighted by molar-refractivity contribution is 5.56. The van der Waals surface area contributed by atoms with Crippen LogP contribution in [-0.2, 0) is 0 Å². The first-order valence-electron chi connectivity index (χ1n) is 6.19. The minimum Gasteiger partial charge on any atom is -0.389 e. The first-order valence-corrected chi connectivity index (χ1v) is 6.19. The summed E-state index contributed by atoms with van der Waals surface area (Å²) in [4.78, 5) is 10.7. The van der Waals surface area contributed by atoms with Crippen molar-refractivity contribution in [2.75, 3.05) is 24.2 Å². The molecule has 0 unspecified atom stereocenters. The van der Waals surface area contributed by atoms with Crippen LogP contribution in [0.15, 0.2) is 0 Å². The molecular weight excluding hydrogens is 228 g/mol. The Morgan fingerprint density at radius 3 is 2.33 bits per heavy atom. The van der Waals surface area contributed by atoms with E-state index in [1.807, 2.05) is 32.7 Å². The Kier molecular flexibility index (Phi) is 4.16. The molecule has 5 heteroatoms. The topological polar surface area (TPSA) is 75.3 Å². The number of hydrogen-bond donors (Lipinski definition) is 2. The number of hydrogen-bond acceptors (Lipinski definition) is 5. The van der Waals surface area contributed by atoms with Crippen LogP contribution in [0.4, 0.5) is 11.6 Å². The van der Waals surface area contributed by atoms with Crippen LogP contribution in [0.1, 0.15) is 45.0 Å². The molecule has 0 aromatic carbocycles. The van der Waals surface area contributed by atoms with Gasteiger partial charge in [-0.15, -0.1) is 0 Å². The summed E-state index contributed by atoms with van der Waals surface area (Å²) in [6.07, 6.45) is 0. The van der Waals surface area contributed by atoms with E-state index in [0.29, 0.717) is 12.4 Å². The summed E-state index contributed by atoms with van der Waals surface area (Å²) in [6.45, 7) is 9.99. The summed E-state index contributed by atoms with van der Waals surface area (Å²) in [5.41, 5.74) is 5.99. The van der Waals surface area contributed by atoms with Crippen molar-refractivity contribution < 1.29 is 5.11 Å². The Hall–Kier alpha value is -1.36. The van der Waals surface area contributed by atoms with Gasteiger partial charge in [-0.2, -0.15) is 0 Å². The fourth-order valence-electron chi connectivity index (χ4n) is 1.82. The number of aliphatic hydroxyl groups is 1. The average Bonchev–Trinajstić information content (AvgIpc) is 2.18. The van der Waals surface area contributed by atoms with Crippen molar-refractivity contribution in [2.24, 2.45) is 0 Å². The molecule has 0 aliphatic rings. The molecular formula is C13H24N4O. The first-order chi connectivity index (χ1) is 8.11. The second-order valence-corrected chi connectivity index (χ2v) is 5.74. The molecule has 0 radical (unpaired) electrons. The zero-order valence-electron chi connectivity index (χ0n) is 12.2. The molecule has 0 saturated carbocycles. The fraction of sp³-hybridized carbons (Fsp3) is 0.692. The number of nitrogens with two attached hydrogens (primary N) is 1. The van der Waals surface area contributed by atoms with E-state index in [4.69, 9.17) is 5.73 Å². The summed E-state index contributed by atoms with van der Waals surface area (Å²) in [5.74, 6) is 2.25. The van der Waals surface area contributed by atoms with Gasteiger partial charge in [-0.25, -0.2) is 9.97 Å². The first kappa shape index (κ1) is 14.7. The molecule has 0 bridgehead atoms. The van der Waals surface area contributed by atoms with Crippen LogP contribution in [0.5, 0.6) is 0 Å². The average molecular weight is 252 g/mol. The van der Waals surface area contributed by atoms with Crippen LogP contribution in [0, 0.1) is 6.92 Å². The van der Waals surface area contributed by atoms with E-state index in [-0.39, 0.29) is 5.92 Å². The highest BCUT2D eigenvalue weighted by Crippen LogP contribution is 2.24. The molecule has 0 amide bonds. The van der Waals surface area contributed by atoms with E-state index in [9.17, 15) is 5.11 Å². The van der Waals surface area contributed by atoms with Crippen LogP contribution in [-0.4, -0.2) is 34.3 Å². The van der Waals surface area contributed by atoms with E-state index >= 15 is 0 Å². The second kappa shape index (κ2) is 5.10. The number of anilines is 2. The van der Waals surface area contributed by atoms with Gasteiger partial charge in [-0.3, -0.25) is 0 Å². The number of likely N-dealkylation sites (N-methyl/N-ethyl adjacent to an activating group) is 1. The summed E-state index contributed by atoms with van der Waals surface area (Å²) < 4.78 is 0. The third-order valence-corrected chi connectivity index (χ3v) is 2.68. The number of nitrogen functional groups attached to an aromatic ring is 1. The normalized spacial score (nSPS) is 12.0. The smallest absolute Gasteiger partial charge is 0.137 e. The summed E-state index contributed by atoms with van der Waals surface area (Å²) >= 11 is 0. The third kappa shape index (κ3) is 3.57. The molecule has 0 atom stereocenters. The Morgan fingerprint density at radius 1 is 1.33 bits per heavy atom. The van der Waals surface area contributed by atoms with E-state index in [1.165, 1.54) is 0 Å². The van der Waals surface area contributed by atoms with Gasteiger partial charge >= 0.3 is 0 Å². The van der Waals surface area contributed by atoms with Crippen molar-refractivity contribution in [3.63, 3.8) is 0 Å². The quantitative estimate of drug-likeness (QED) is 0.853. The van der Waals surface area contributed by atoms with E-state index in [2.05, 4.69) is 9.97 Å². The predicted octanol–water partition coefficient (Wildman–Crippen LogP) is 1.70. The van der Waals surface area contributed by atoms with Gasteiger partial charge < -0.3 is 15.7 Å². The Labute approximate surface area is 109 Å². The predicted molar refractivity (Wildman–Crippen MR) is 74.8 cm³/mol. The summed E-state index contributed by atoms with van der Waals surface area (Å²) in [5, 5.41) is 9.87. The number of nitrogens with zero attached hydrogens (tertiary/aromatic N) is 3. The molecule has 3 N–H and O–H groups in total. The molecule has 1 rings (SSSR count). The number of aromatic nitrogens is 2. The minimum absolute atomic E-state index is 0.224. The van der Waals surface area contributed by atoms with Gasteiger partial charge in [0.05, 0.1) is 5.60 Å². The molecule has 102 valence electrons. The van der Waals surface area contributed by atoms with Gasteiger partial charge in [0.15, 0.2) is 0 Å². The Bertz CT molecular complexity index is 424. The van der Waals surface area contributed by atoms with Gasteiger partial charge in [0.25, 0.3) is 0 Å². The maximum atomic E-state index is 9.87. The molecule has 0 aliphatic carbocycles. The molecule has 1 heterocycles. The number of rotatable bonds is 4. The van der Waals surface area contributed by atoms with Crippen LogP contribution in [0.2, 0.25) is 0 Å². The van der Waals surface area contributed by atoms with Crippen LogP contribution in [0.25, 0.3) is 0 Å². The highest BCUT2D eigenvalue weighted by Gasteiger charge is 2.20. The molecule has 1 aromatic heterocycles. The maximum Gasteiger partial charge on any atom is 0.137 e. The lowest BCUT2D eigenvalue weighted by atomic mass is 10.1. The van der Waals surface area contributed by atoms with Crippen LogP contribution < -0.4 is 10.6 Å². The molecule has 0 aliphatic heterocycles. The lowest BCUT2D eigenvalue weighted by Crippen LogP contribution is -2.37. The fourth-order valence-corrected chi connectivity index (χ4v) is 1.82. The molecule has 18 heavy (non-hydrogen) atoms. The lowest BCUT2D eigenvalue weighted by Gasteiger charge is -2.28. The highest BCUT2D eigenvalue weighted by atomic mass is 16.3. The SMILES string of the molecule is Cc1c(N)nc(C(C)C)nc1N(C)CC(C)(C)O. The lowest BCUT2D eigenvalue weighted by molar-refractivity contribution is 0.0884. The van der Waals surface area contributed by atoms with E-state index in [0.717, 1.165) is 17.2 Å². The molecule has 0 spiro atoms. The second-order valence-electron chi connectivity index (χ2n) is 5.74. The largest absolute Gasteiger partial charge is 0.389 e. The van der Waals surface area contributed by atoms with Crippen molar-refractivity contribution in [2.45, 2.75) is 46.1 Å². The van der Waals surface area contributed by atoms with Gasteiger partial charge in [0.2, 0.25) is 0 Å². The van der Waals surface area contributed by atoms with Crippen molar-refractivity contribution >= 4 is 11.6 Å². The van der Waals surface area contributed by atoms with Gasteiger partial charge in [0, 0.05) is 25.1 Å². The molecule has 0 fully saturated rings. The van der Waals surface area contributed by atoms with Gasteiger partial charge in [0.1, 0.15) is 17.5 Å². The van der Waals surface area contributed by atoms with Gasteiger partial charge in [-0.05, 0) is 20.8 Å². The zero-order valence-corrected chi connectivity index (χ0v) is 12.2. The van der Waals surface area contributed by atoms with Crippen molar-refractivity contribution in [1.82, 2.24) is 9.97 Å². The summed E-state index contributed by atoms with van der Waals surface area (Å²) in [7, 11) is 1.90. The molecule has 0 saturated heterocycles.